The molecule has 0 aromatic rings. The predicted molar refractivity (Wildman–Crippen MR) is 44.9 cm³/mol. The SMILES string of the molecule is CCN[C@@H](C)C[C@H](C(=O)O)C(F)(F)F. The first-order valence-electron chi connectivity index (χ1n) is 4.32. The standard InChI is InChI=1S/C8H14F3NO2/c1-3-12-5(2)4-6(7(13)14)8(9,10)11/h5-6,12H,3-4H2,1-2H3,(H,13,14)/t5-,6+/m0/s1. The van der Waals surface area contributed by atoms with Crippen LogP contribution < -0.4 is 5.32 Å². The highest BCUT2D eigenvalue weighted by Crippen LogP contribution is 2.29. The highest BCUT2D eigenvalue weighted by Gasteiger charge is 2.45. The van der Waals surface area contributed by atoms with Gasteiger partial charge in [0.15, 0.2) is 5.92 Å². The Balaban J connectivity index is 4.32. The topological polar surface area (TPSA) is 49.3 Å². The summed E-state index contributed by atoms with van der Waals surface area (Å²) in [6.07, 6.45) is -5.11. The summed E-state index contributed by atoms with van der Waals surface area (Å²) in [7, 11) is 0. The van der Waals surface area contributed by atoms with Crippen LogP contribution in [0.15, 0.2) is 0 Å². The van der Waals surface area contributed by atoms with Gasteiger partial charge in [0, 0.05) is 6.04 Å². The van der Waals surface area contributed by atoms with Crippen molar-refractivity contribution in [1.82, 2.24) is 5.32 Å². The van der Waals surface area contributed by atoms with Crippen LogP contribution >= 0.6 is 0 Å². The van der Waals surface area contributed by atoms with E-state index >= 15 is 0 Å². The van der Waals surface area contributed by atoms with Crippen molar-refractivity contribution < 1.29 is 23.1 Å². The molecule has 2 N–H and O–H groups in total. The molecule has 0 rings (SSSR count). The molecular formula is C8H14F3NO2. The summed E-state index contributed by atoms with van der Waals surface area (Å²) < 4.78 is 36.5. The minimum Gasteiger partial charge on any atom is -0.481 e. The zero-order chi connectivity index (χ0) is 11.4. The molecule has 0 unspecified atom stereocenters. The largest absolute Gasteiger partial charge is 0.481 e. The van der Waals surface area contributed by atoms with Gasteiger partial charge in [-0.3, -0.25) is 4.79 Å². The van der Waals surface area contributed by atoms with Gasteiger partial charge in [-0.15, -0.1) is 0 Å². The van der Waals surface area contributed by atoms with Crippen LogP contribution in [0, 0.1) is 5.92 Å². The van der Waals surface area contributed by atoms with Crippen LogP contribution in [-0.2, 0) is 4.79 Å². The van der Waals surface area contributed by atoms with E-state index in [9.17, 15) is 18.0 Å². The lowest BCUT2D eigenvalue weighted by atomic mass is 10.0. The van der Waals surface area contributed by atoms with Gasteiger partial charge in [0.1, 0.15) is 0 Å². The number of rotatable bonds is 5. The first-order valence-corrected chi connectivity index (χ1v) is 4.32. The zero-order valence-corrected chi connectivity index (χ0v) is 8.06. The van der Waals surface area contributed by atoms with E-state index in [2.05, 4.69) is 5.32 Å². The van der Waals surface area contributed by atoms with Crippen molar-refractivity contribution in [1.29, 1.82) is 0 Å². The molecule has 0 amide bonds. The second kappa shape index (κ2) is 5.19. The fourth-order valence-electron chi connectivity index (χ4n) is 1.16. The van der Waals surface area contributed by atoms with E-state index in [4.69, 9.17) is 5.11 Å². The highest BCUT2D eigenvalue weighted by atomic mass is 19.4. The van der Waals surface area contributed by atoms with Gasteiger partial charge in [-0.25, -0.2) is 0 Å². The molecular weight excluding hydrogens is 199 g/mol. The third kappa shape index (κ3) is 4.45. The third-order valence-corrected chi connectivity index (χ3v) is 1.84. The van der Waals surface area contributed by atoms with E-state index in [0.717, 1.165) is 0 Å². The third-order valence-electron chi connectivity index (χ3n) is 1.84. The lowest BCUT2D eigenvalue weighted by Crippen LogP contribution is -2.37. The second-order valence-electron chi connectivity index (χ2n) is 3.13. The summed E-state index contributed by atoms with van der Waals surface area (Å²) in [5, 5.41) is 11.1. The summed E-state index contributed by atoms with van der Waals surface area (Å²) in [5.74, 6) is -4.10. The smallest absolute Gasteiger partial charge is 0.402 e. The van der Waals surface area contributed by atoms with E-state index in [1.165, 1.54) is 6.92 Å². The molecule has 0 saturated carbocycles. The molecule has 2 atom stereocenters. The first kappa shape index (κ1) is 13.2. The Morgan fingerprint density at radius 1 is 1.50 bits per heavy atom. The minimum atomic E-state index is -4.67. The van der Waals surface area contributed by atoms with Gasteiger partial charge in [-0.05, 0) is 19.9 Å². The summed E-state index contributed by atoms with van der Waals surface area (Å²) in [4.78, 5) is 10.3. The van der Waals surface area contributed by atoms with Crippen molar-refractivity contribution >= 4 is 5.97 Å². The van der Waals surface area contributed by atoms with Crippen molar-refractivity contribution in [2.75, 3.05) is 6.54 Å². The van der Waals surface area contributed by atoms with Crippen LogP contribution in [0.1, 0.15) is 20.3 Å². The molecule has 6 heteroatoms. The molecule has 0 aromatic carbocycles. The van der Waals surface area contributed by atoms with Gasteiger partial charge < -0.3 is 10.4 Å². The molecule has 0 aliphatic rings. The summed E-state index contributed by atoms with van der Waals surface area (Å²) in [5.41, 5.74) is 0. The zero-order valence-electron chi connectivity index (χ0n) is 8.06. The minimum absolute atomic E-state index is 0.438. The lowest BCUT2D eigenvalue weighted by molar-refractivity contribution is -0.195. The maximum absolute atomic E-state index is 12.2. The molecule has 84 valence electrons. The number of carbonyl (C=O) groups is 1. The molecule has 0 radical (unpaired) electrons. The van der Waals surface area contributed by atoms with Gasteiger partial charge in [-0.1, -0.05) is 6.92 Å². The van der Waals surface area contributed by atoms with Crippen LogP contribution in [-0.4, -0.2) is 29.8 Å². The normalized spacial score (nSPS) is 16.4. The van der Waals surface area contributed by atoms with E-state index in [0.29, 0.717) is 6.54 Å². The number of hydrogen-bond acceptors (Lipinski definition) is 2. The van der Waals surface area contributed by atoms with Gasteiger partial charge >= 0.3 is 12.1 Å². The van der Waals surface area contributed by atoms with Crippen molar-refractivity contribution in [3.8, 4) is 0 Å². The van der Waals surface area contributed by atoms with E-state index < -0.39 is 30.5 Å². The van der Waals surface area contributed by atoms with Crippen LogP contribution in [0.3, 0.4) is 0 Å². The van der Waals surface area contributed by atoms with E-state index in [1.807, 2.05) is 0 Å². The van der Waals surface area contributed by atoms with Gasteiger partial charge in [0.2, 0.25) is 0 Å². The van der Waals surface area contributed by atoms with Crippen LogP contribution in [0.5, 0.6) is 0 Å². The number of aliphatic carboxylic acids is 1. The van der Waals surface area contributed by atoms with E-state index in [1.54, 1.807) is 6.92 Å². The van der Waals surface area contributed by atoms with Crippen molar-refractivity contribution in [3.05, 3.63) is 0 Å². The van der Waals surface area contributed by atoms with Crippen LogP contribution in [0.2, 0.25) is 0 Å². The Hall–Kier alpha value is -0.780. The number of halogens is 3. The Kier molecular flexibility index (Phi) is 4.90. The Morgan fingerprint density at radius 3 is 2.29 bits per heavy atom. The first-order chi connectivity index (χ1) is 6.29. The average molecular weight is 213 g/mol. The van der Waals surface area contributed by atoms with Gasteiger partial charge in [0.25, 0.3) is 0 Å². The Labute approximate surface area is 80.3 Å². The molecule has 0 spiro atoms. The highest BCUT2D eigenvalue weighted by molar-refractivity contribution is 5.70. The molecule has 0 saturated heterocycles. The second-order valence-corrected chi connectivity index (χ2v) is 3.13. The van der Waals surface area contributed by atoms with Gasteiger partial charge in [0.05, 0.1) is 0 Å². The molecule has 0 heterocycles. The molecule has 0 fully saturated rings. The summed E-state index contributed by atoms with van der Waals surface area (Å²) in [6.45, 7) is 3.80. The monoisotopic (exact) mass is 213 g/mol. The molecule has 3 nitrogen and oxygen atoms in total. The molecule has 14 heavy (non-hydrogen) atoms. The number of hydrogen-bond donors (Lipinski definition) is 2. The van der Waals surface area contributed by atoms with Crippen molar-refractivity contribution in [2.24, 2.45) is 5.92 Å². The number of carboxylic acid groups (broad SMARTS) is 1. The predicted octanol–water partition coefficient (Wildman–Crippen LogP) is 1.64. The summed E-state index contributed by atoms with van der Waals surface area (Å²) in [6, 6.07) is -0.456. The fraction of sp³-hybridized carbons (Fsp3) is 0.875. The quantitative estimate of drug-likeness (QED) is 0.729. The number of nitrogens with one attached hydrogen (secondary N) is 1. The maximum Gasteiger partial charge on any atom is 0.402 e. The number of alkyl halides is 3. The van der Waals surface area contributed by atoms with E-state index in [-0.39, 0.29) is 0 Å². The van der Waals surface area contributed by atoms with Gasteiger partial charge in [-0.2, -0.15) is 13.2 Å². The van der Waals surface area contributed by atoms with Crippen molar-refractivity contribution in [2.45, 2.75) is 32.5 Å². The van der Waals surface area contributed by atoms with Crippen molar-refractivity contribution in [3.63, 3.8) is 0 Å². The summed E-state index contributed by atoms with van der Waals surface area (Å²) >= 11 is 0. The number of carboxylic acids is 1. The average Bonchev–Trinajstić information content (AvgIpc) is 1.98. The fourth-order valence-corrected chi connectivity index (χ4v) is 1.16. The molecule has 0 aliphatic carbocycles. The maximum atomic E-state index is 12.2. The van der Waals surface area contributed by atoms with Crippen LogP contribution in [0.25, 0.3) is 0 Å². The Bertz CT molecular complexity index is 194. The molecule has 0 bridgehead atoms. The lowest BCUT2D eigenvalue weighted by Gasteiger charge is -2.20. The Morgan fingerprint density at radius 2 is 2.00 bits per heavy atom. The molecule has 0 aliphatic heterocycles. The molecule has 0 aromatic heterocycles. The van der Waals surface area contributed by atoms with Crippen LogP contribution in [0.4, 0.5) is 13.2 Å².